The summed E-state index contributed by atoms with van der Waals surface area (Å²) in [6.07, 6.45) is -3.82. The molecule has 3 amide bonds. The molecule has 0 spiro atoms. The predicted molar refractivity (Wildman–Crippen MR) is 138 cm³/mol. The number of rotatable bonds is 10. The fraction of sp³-hybridized carbons (Fsp3) is 0.393. The minimum Gasteiger partial charge on any atom is -0.491 e. The molecule has 3 heterocycles. The van der Waals surface area contributed by atoms with Gasteiger partial charge in [-0.05, 0) is 43.2 Å². The Morgan fingerprint density at radius 1 is 1.02 bits per heavy atom. The summed E-state index contributed by atoms with van der Waals surface area (Å²) < 4.78 is 67.6. The summed E-state index contributed by atoms with van der Waals surface area (Å²) in [5.74, 6) is 0.882. The summed E-state index contributed by atoms with van der Waals surface area (Å²) in [5.41, 5.74) is -2.70. The van der Waals surface area contributed by atoms with Gasteiger partial charge in [0.15, 0.2) is 11.5 Å². The van der Waals surface area contributed by atoms with E-state index in [2.05, 4.69) is 5.32 Å². The molecule has 0 radical (unpaired) electrons. The number of halogens is 3. The van der Waals surface area contributed by atoms with Crippen LogP contribution < -0.4 is 25.2 Å². The largest absolute Gasteiger partial charge is 0.491 e. The molecule has 1 N–H and O–H groups in total. The lowest BCUT2D eigenvalue weighted by Crippen LogP contribution is -2.41. The fourth-order valence-electron chi connectivity index (χ4n) is 4.89. The van der Waals surface area contributed by atoms with E-state index in [0.717, 1.165) is 4.90 Å². The second kappa shape index (κ2) is 11.0. The summed E-state index contributed by atoms with van der Waals surface area (Å²) in [7, 11) is 0. The van der Waals surface area contributed by atoms with Crippen molar-refractivity contribution in [2.45, 2.75) is 38.4 Å². The van der Waals surface area contributed by atoms with Crippen molar-refractivity contribution in [3.63, 3.8) is 0 Å². The van der Waals surface area contributed by atoms with Gasteiger partial charge < -0.3 is 28.7 Å². The van der Waals surface area contributed by atoms with Crippen LogP contribution in [0.4, 0.5) is 18.0 Å². The van der Waals surface area contributed by atoms with Crippen molar-refractivity contribution < 1.29 is 46.1 Å². The van der Waals surface area contributed by atoms with Crippen LogP contribution in [0, 0.1) is 0 Å². The zero-order valence-electron chi connectivity index (χ0n) is 22.3. The molecule has 1 saturated heterocycles. The van der Waals surface area contributed by atoms with Crippen LogP contribution in [0.2, 0.25) is 0 Å². The van der Waals surface area contributed by atoms with Crippen molar-refractivity contribution in [2.75, 3.05) is 33.2 Å². The Morgan fingerprint density at radius 2 is 1.80 bits per heavy atom. The Labute approximate surface area is 231 Å². The van der Waals surface area contributed by atoms with Gasteiger partial charge in [-0.3, -0.25) is 9.69 Å². The van der Waals surface area contributed by atoms with Gasteiger partial charge in [0.05, 0.1) is 25.3 Å². The number of alkyl halides is 3. The number of fused-ring (bicyclic) bond motifs is 2. The van der Waals surface area contributed by atoms with E-state index in [9.17, 15) is 27.6 Å². The number of nitrogens with one attached hydrogen (secondary N) is 1. The maximum absolute atomic E-state index is 13.5. The number of ether oxygens (including phenoxy) is 4. The Balaban J connectivity index is 1.18. The Kier molecular flexibility index (Phi) is 7.56. The van der Waals surface area contributed by atoms with Gasteiger partial charge in [-0.15, -0.1) is 0 Å². The molecule has 2 aromatic carbocycles. The van der Waals surface area contributed by atoms with Crippen molar-refractivity contribution in [1.29, 1.82) is 0 Å². The summed E-state index contributed by atoms with van der Waals surface area (Å²) in [5, 5.41) is 2.50. The Hall–Kier alpha value is -4.26. The molecular weight excluding hydrogens is 549 g/mol. The van der Waals surface area contributed by atoms with E-state index in [4.69, 9.17) is 23.4 Å². The lowest BCUT2D eigenvalue weighted by Gasteiger charge is -2.22. The van der Waals surface area contributed by atoms with Crippen molar-refractivity contribution in [2.24, 2.45) is 0 Å². The molecule has 0 saturated carbocycles. The highest BCUT2D eigenvalue weighted by Gasteiger charge is 2.49. The number of hydrogen-bond donors (Lipinski definition) is 1. The monoisotopic (exact) mass is 576 g/mol. The van der Waals surface area contributed by atoms with Crippen LogP contribution in [-0.2, 0) is 27.7 Å². The normalized spacial score (nSPS) is 18.3. The van der Waals surface area contributed by atoms with Gasteiger partial charge in [0, 0.05) is 17.0 Å². The van der Waals surface area contributed by atoms with Crippen LogP contribution >= 0.6 is 0 Å². The third-order valence-electron chi connectivity index (χ3n) is 6.95. The molecule has 218 valence electrons. The van der Waals surface area contributed by atoms with Gasteiger partial charge in [0.25, 0.3) is 5.91 Å². The number of carbonyl (C=O) groups is 2. The van der Waals surface area contributed by atoms with E-state index in [1.807, 2.05) is 6.92 Å². The standard InChI is InChI=1S/C28H27F3N2O8/c1-3-4-18-20(8-6-17-19(28(29,30)31)14-23(34)41-24(17)18)38-12-11-37-10-9-33-25(35)27(2,32-26(33)36)16-5-7-21-22(13-16)40-15-39-21/h5-8,13-14H,3-4,9-12,15H2,1-2H3,(H,32,36). The average molecular weight is 577 g/mol. The minimum absolute atomic E-state index is 0.00670. The van der Waals surface area contributed by atoms with Crippen LogP contribution in [0.15, 0.2) is 45.6 Å². The smallest absolute Gasteiger partial charge is 0.417 e. The molecule has 13 heteroatoms. The van der Waals surface area contributed by atoms with Gasteiger partial charge in [-0.25, -0.2) is 9.59 Å². The molecule has 0 aliphatic carbocycles. The highest BCUT2D eigenvalue weighted by Crippen LogP contribution is 2.39. The summed E-state index contributed by atoms with van der Waals surface area (Å²) in [4.78, 5) is 38.7. The number of imide groups is 1. The summed E-state index contributed by atoms with van der Waals surface area (Å²) in [6, 6.07) is 7.53. The zero-order chi connectivity index (χ0) is 29.4. The molecule has 0 bridgehead atoms. The second-order valence-corrected chi connectivity index (χ2v) is 9.69. The summed E-state index contributed by atoms with van der Waals surface area (Å²) >= 11 is 0. The van der Waals surface area contributed by atoms with Crippen molar-refractivity contribution in [1.82, 2.24) is 10.2 Å². The molecule has 1 atom stereocenters. The molecule has 5 rings (SSSR count). The number of carbonyl (C=O) groups excluding carboxylic acids is 2. The van der Waals surface area contributed by atoms with E-state index < -0.39 is 34.8 Å². The number of hydrogen-bond acceptors (Lipinski definition) is 8. The fourth-order valence-corrected chi connectivity index (χ4v) is 4.89. The van der Waals surface area contributed by atoms with E-state index in [1.54, 1.807) is 25.1 Å². The number of urea groups is 1. The van der Waals surface area contributed by atoms with E-state index in [1.165, 1.54) is 12.1 Å². The molecule has 2 aliphatic heterocycles. The summed E-state index contributed by atoms with van der Waals surface area (Å²) in [6.45, 7) is 3.65. The number of aryl methyl sites for hydroxylation is 1. The van der Waals surface area contributed by atoms with Crippen molar-refractivity contribution in [3.8, 4) is 17.2 Å². The zero-order valence-corrected chi connectivity index (χ0v) is 22.3. The third-order valence-corrected chi connectivity index (χ3v) is 6.95. The Bertz CT molecular complexity index is 1550. The minimum atomic E-state index is -4.72. The first kappa shape index (κ1) is 28.3. The van der Waals surface area contributed by atoms with E-state index in [0.29, 0.717) is 41.5 Å². The number of amides is 3. The van der Waals surface area contributed by atoms with Crippen molar-refractivity contribution >= 4 is 22.9 Å². The van der Waals surface area contributed by atoms with Gasteiger partial charge in [-0.1, -0.05) is 19.4 Å². The highest BCUT2D eigenvalue weighted by molar-refractivity contribution is 6.07. The topological polar surface area (TPSA) is 117 Å². The van der Waals surface area contributed by atoms with Gasteiger partial charge >= 0.3 is 17.8 Å². The van der Waals surface area contributed by atoms with Crippen LogP contribution in [0.25, 0.3) is 11.0 Å². The molecule has 1 fully saturated rings. The van der Waals surface area contributed by atoms with Crippen molar-refractivity contribution in [3.05, 3.63) is 63.5 Å². The van der Waals surface area contributed by atoms with Crippen LogP contribution in [0.1, 0.15) is 37.0 Å². The molecule has 10 nitrogen and oxygen atoms in total. The molecule has 2 aliphatic rings. The number of nitrogens with zero attached hydrogens (tertiary/aromatic N) is 1. The van der Waals surface area contributed by atoms with Gasteiger partial charge in [0.1, 0.15) is 23.5 Å². The van der Waals surface area contributed by atoms with E-state index >= 15 is 0 Å². The lowest BCUT2D eigenvalue weighted by molar-refractivity contribution is -0.136. The average Bonchev–Trinajstić information content (AvgIpc) is 3.48. The maximum Gasteiger partial charge on any atom is 0.417 e. The van der Waals surface area contributed by atoms with Crippen LogP contribution in [0.5, 0.6) is 17.2 Å². The van der Waals surface area contributed by atoms with Crippen LogP contribution in [-0.4, -0.2) is 50.0 Å². The Morgan fingerprint density at radius 3 is 2.56 bits per heavy atom. The quantitative estimate of drug-likeness (QED) is 0.215. The van der Waals surface area contributed by atoms with Gasteiger partial charge in [-0.2, -0.15) is 13.2 Å². The first-order valence-corrected chi connectivity index (χ1v) is 12.9. The molecule has 41 heavy (non-hydrogen) atoms. The SMILES string of the molecule is CCCc1c(OCCOCCN2C(=O)NC(C)(c3ccc4c(c3)OCO4)C2=O)ccc2c(C(F)(F)F)cc(=O)oc12. The molecular formula is C28H27F3N2O8. The lowest BCUT2D eigenvalue weighted by atomic mass is 9.91. The van der Waals surface area contributed by atoms with Crippen LogP contribution in [0.3, 0.4) is 0 Å². The second-order valence-electron chi connectivity index (χ2n) is 9.69. The molecule has 1 aromatic heterocycles. The molecule has 1 unspecified atom stereocenters. The highest BCUT2D eigenvalue weighted by atomic mass is 19.4. The number of benzene rings is 2. The third kappa shape index (κ3) is 5.41. The maximum atomic E-state index is 13.5. The molecule has 3 aromatic rings. The van der Waals surface area contributed by atoms with E-state index in [-0.39, 0.29) is 49.9 Å². The van der Waals surface area contributed by atoms with Gasteiger partial charge in [0.2, 0.25) is 6.79 Å². The first-order valence-electron chi connectivity index (χ1n) is 12.9. The predicted octanol–water partition coefficient (Wildman–Crippen LogP) is 4.36. The first-order chi connectivity index (χ1) is 19.5.